The van der Waals surface area contributed by atoms with E-state index in [2.05, 4.69) is 10.4 Å². The number of hydrogen-bond acceptors (Lipinski definition) is 3. The van der Waals surface area contributed by atoms with Crippen LogP contribution in [-0.2, 0) is 6.54 Å². The summed E-state index contributed by atoms with van der Waals surface area (Å²) in [5.74, 6) is 1.14. The molecule has 1 atom stereocenters. The van der Waals surface area contributed by atoms with Crippen LogP contribution in [-0.4, -0.2) is 14.9 Å². The molecular weight excluding hydrogens is 269 g/mol. The molecule has 0 saturated heterocycles. The molecule has 5 heteroatoms. The number of benzene rings is 1. The van der Waals surface area contributed by atoms with Gasteiger partial charge in [0, 0.05) is 18.2 Å². The molecule has 0 radical (unpaired) electrons. The van der Waals surface area contributed by atoms with Gasteiger partial charge >= 0.3 is 0 Å². The maximum Gasteiger partial charge on any atom is 0.124 e. The van der Waals surface area contributed by atoms with Crippen molar-refractivity contribution in [2.75, 3.05) is 5.32 Å². The smallest absolute Gasteiger partial charge is 0.124 e. The lowest BCUT2D eigenvalue weighted by molar-refractivity contribution is 0.272. The fraction of sp³-hybridized carbons (Fsp3) is 0.438. The van der Waals surface area contributed by atoms with Crippen molar-refractivity contribution in [3.05, 3.63) is 41.8 Å². The minimum absolute atomic E-state index is 0.0866. The highest BCUT2D eigenvalue weighted by Gasteiger charge is 2.31. The molecule has 1 aliphatic carbocycles. The Bertz CT molecular complexity index is 622. The second-order valence-electron chi connectivity index (χ2n) is 5.55. The SMILES string of the molecule is CCn1nccc1NC(c1cc(F)ccc1O)C1CCC1. The largest absolute Gasteiger partial charge is 0.508 e. The summed E-state index contributed by atoms with van der Waals surface area (Å²) in [6, 6.07) is 5.96. The fourth-order valence-electron chi connectivity index (χ4n) is 2.86. The molecule has 0 aliphatic heterocycles. The third kappa shape index (κ3) is 2.73. The minimum atomic E-state index is -0.321. The van der Waals surface area contributed by atoms with Gasteiger partial charge < -0.3 is 10.4 Å². The number of rotatable bonds is 5. The molecule has 0 amide bonds. The molecule has 1 fully saturated rings. The van der Waals surface area contributed by atoms with Crippen molar-refractivity contribution in [2.45, 2.75) is 38.8 Å². The zero-order valence-corrected chi connectivity index (χ0v) is 12.1. The summed E-state index contributed by atoms with van der Waals surface area (Å²) in [6.45, 7) is 2.79. The van der Waals surface area contributed by atoms with Gasteiger partial charge in [0.15, 0.2) is 0 Å². The zero-order valence-electron chi connectivity index (χ0n) is 12.1. The predicted octanol–water partition coefficient (Wildman–Crippen LogP) is 3.70. The Hall–Kier alpha value is -2.04. The zero-order chi connectivity index (χ0) is 14.8. The van der Waals surface area contributed by atoms with Crippen LogP contribution < -0.4 is 5.32 Å². The van der Waals surface area contributed by atoms with Crippen LogP contribution in [0.5, 0.6) is 5.75 Å². The average Bonchev–Trinajstić information content (AvgIpc) is 2.86. The molecule has 1 aliphatic rings. The van der Waals surface area contributed by atoms with E-state index in [1.54, 1.807) is 6.20 Å². The van der Waals surface area contributed by atoms with E-state index >= 15 is 0 Å². The molecule has 1 aromatic heterocycles. The maximum atomic E-state index is 13.6. The van der Waals surface area contributed by atoms with Crippen LogP contribution in [0.1, 0.15) is 37.8 Å². The number of aromatic nitrogens is 2. The minimum Gasteiger partial charge on any atom is -0.508 e. The molecule has 4 nitrogen and oxygen atoms in total. The Morgan fingerprint density at radius 1 is 1.43 bits per heavy atom. The number of phenols is 1. The highest BCUT2D eigenvalue weighted by Crippen LogP contribution is 2.42. The Labute approximate surface area is 123 Å². The molecule has 2 aromatic rings. The summed E-state index contributed by atoms with van der Waals surface area (Å²) in [5.41, 5.74) is 0.628. The molecule has 21 heavy (non-hydrogen) atoms. The van der Waals surface area contributed by atoms with Gasteiger partial charge in [0.1, 0.15) is 17.4 Å². The normalized spacial score (nSPS) is 16.5. The first-order chi connectivity index (χ1) is 10.2. The number of hydrogen-bond donors (Lipinski definition) is 2. The highest BCUT2D eigenvalue weighted by atomic mass is 19.1. The number of halogens is 1. The Kier molecular flexibility index (Phi) is 3.82. The summed E-state index contributed by atoms with van der Waals surface area (Å²) in [7, 11) is 0. The summed E-state index contributed by atoms with van der Waals surface area (Å²) in [4.78, 5) is 0. The lowest BCUT2D eigenvalue weighted by atomic mass is 9.77. The van der Waals surface area contributed by atoms with E-state index in [9.17, 15) is 9.50 Å². The first kappa shape index (κ1) is 13.9. The third-order valence-corrected chi connectivity index (χ3v) is 4.27. The van der Waals surface area contributed by atoms with Gasteiger partial charge in [0.25, 0.3) is 0 Å². The van der Waals surface area contributed by atoms with E-state index in [-0.39, 0.29) is 17.6 Å². The molecule has 112 valence electrons. The predicted molar refractivity (Wildman–Crippen MR) is 79.7 cm³/mol. The van der Waals surface area contributed by atoms with Gasteiger partial charge in [-0.05, 0) is 43.9 Å². The van der Waals surface area contributed by atoms with Gasteiger partial charge in [-0.2, -0.15) is 5.10 Å². The molecule has 2 N–H and O–H groups in total. The summed E-state index contributed by atoms with van der Waals surface area (Å²) in [6.07, 6.45) is 5.11. The fourth-order valence-corrected chi connectivity index (χ4v) is 2.86. The summed E-state index contributed by atoms with van der Waals surface area (Å²) in [5, 5.41) is 17.8. The van der Waals surface area contributed by atoms with Gasteiger partial charge in [-0.15, -0.1) is 0 Å². The summed E-state index contributed by atoms with van der Waals surface area (Å²) >= 11 is 0. The van der Waals surface area contributed by atoms with E-state index in [0.717, 1.165) is 25.2 Å². The molecular formula is C16H20FN3O. The molecule has 3 rings (SSSR count). The number of phenolic OH excluding ortho intramolecular Hbond substituents is 1. The van der Waals surface area contributed by atoms with Crippen LogP contribution in [0.3, 0.4) is 0 Å². The first-order valence-electron chi connectivity index (χ1n) is 7.45. The van der Waals surface area contributed by atoms with Gasteiger partial charge in [-0.3, -0.25) is 4.68 Å². The lowest BCUT2D eigenvalue weighted by Gasteiger charge is -2.35. The van der Waals surface area contributed by atoms with E-state index in [0.29, 0.717) is 11.5 Å². The number of aryl methyl sites for hydroxylation is 1. The van der Waals surface area contributed by atoms with Crippen LogP contribution in [0.15, 0.2) is 30.5 Å². The van der Waals surface area contributed by atoms with Crippen LogP contribution in [0.2, 0.25) is 0 Å². The van der Waals surface area contributed by atoms with E-state index in [1.165, 1.54) is 24.6 Å². The van der Waals surface area contributed by atoms with E-state index in [4.69, 9.17) is 0 Å². The van der Waals surface area contributed by atoms with Crippen molar-refractivity contribution in [3.63, 3.8) is 0 Å². The monoisotopic (exact) mass is 289 g/mol. The van der Waals surface area contributed by atoms with Crippen LogP contribution in [0.25, 0.3) is 0 Å². The van der Waals surface area contributed by atoms with Crippen molar-refractivity contribution in [3.8, 4) is 5.75 Å². The number of nitrogens with one attached hydrogen (secondary N) is 1. The van der Waals surface area contributed by atoms with Crippen molar-refractivity contribution in [2.24, 2.45) is 5.92 Å². The molecule has 1 heterocycles. The number of aromatic hydroxyl groups is 1. The van der Waals surface area contributed by atoms with E-state index < -0.39 is 0 Å². The van der Waals surface area contributed by atoms with Gasteiger partial charge in [-0.1, -0.05) is 6.42 Å². The van der Waals surface area contributed by atoms with E-state index in [1.807, 2.05) is 17.7 Å². The molecule has 0 bridgehead atoms. The quantitative estimate of drug-likeness (QED) is 0.882. The van der Waals surface area contributed by atoms with Gasteiger partial charge in [0.05, 0.1) is 12.2 Å². The Balaban J connectivity index is 1.92. The molecule has 0 spiro atoms. The maximum absolute atomic E-state index is 13.6. The average molecular weight is 289 g/mol. The third-order valence-electron chi connectivity index (χ3n) is 4.27. The number of nitrogens with zero attached hydrogens (tertiary/aromatic N) is 2. The Morgan fingerprint density at radius 3 is 2.90 bits per heavy atom. The number of anilines is 1. The molecule has 1 aromatic carbocycles. The van der Waals surface area contributed by atoms with Crippen molar-refractivity contribution in [1.82, 2.24) is 9.78 Å². The van der Waals surface area contributed by atoms with Gasteiger partial charge in [-0.25, -0.2) is 4.39 Å². The van der Waals surface area contributed by atoms with Crippen LogP contribution in [0, 0.1) is 11.7 Å². The standard InChI is InChI=1S/C16H20FN3O/c1-2-20-15(8-9-18-20)19-16(11-4-3-5-11)13-10-12(17)6-7-14(13)21/h6-11,16,19,21H,2-5H2,1H3. The Morgan fingerprint density at radius 2 is 2.24 bits per heavy atom. The van der Waals surface area contributed by atoms with Crippen molar-refractivity contribution >= 4 is 5.82 Å². The first-order valence-corrected chi connectivity index (χ1v) is 7.45. The van der Waals surface area contributed by atoms with Gasteiger partial charge in [0.2, 0.25) is 0 Å². The van der Waals surface area contributed by atoms with Crippen LogP contribution in [0.4, 0.5) is 10.2 Å². The second kappa shape index (κ2) is 5.76. The van der Waals surface area contributed by atoms with Crippen molar-refractivity contribution < 1.29 is 9.50 Å². The second-order valence-corrected chi connectivity index (χ2v) is 5.55. The lowest BCUT2D eigenvalue weighted by Crippen LogP contribution is -2.27. The van der Waals surface area contributed by atoms with Crippen LogP contribution >= 0.6 is 0 Å². The molecule has 1 unspecified atom stereocenters. The summed E-state index contributed by atoms with van der Waals surface area (Å²) < 4.78 is 15.4. The van der Waals surface area contributed by atoms with Crippen molar-refractivity contribution in [1.29, 1.82) is 0 Å². The topological polar surface area (TPSA) is 50.1 Å². The molecule has 1 saturated carbocycles. The highest BCUT2D eigenvalue weighted by molar-refractivity contribution is 5.44.